The molecular weight excluding hydrogens is 257 g/mol. The van der Waals surface area contributed by atoms with E-state index < -0.39 is 9.05 Å². The van der Waals surface area contributed by atoms with Crippen molar-refractivity contribution in [1.82, 2.24) is 0 Å². The molecule has 0 saturated heterocycles. The molecule has 1 aromatic rings. The lowest BCUT2D eigenvalue weighted by Crippen LogP contribution is -1.97. The van der Waals surface area contributed by atoms with Crippen LogP contribution in [0.15, 0.2) is 17.0 Å². The molecule has 6 heteroatoms. The third-order valence-electron chi connectivity index (χ3n) is 1.98. The minimum Gasteiger partial charge on any atom is -0.207 e. The highest BCUT2D eigenvalue weighted by Gasteiger charge is 2.15. The van der Waals surface area contributed by atoms with Gasteiger partial charge in [0, 0.05) is 16.6 Å². The molecule has 0 fully saturated rings. The molecule has 0 heterocycles. The van der Waals surface area contributed by atoms with Crippen molar-refractivity contribution in [2.45, 2.75) is 17.7 Å². The first-order valence-electron chi connectivity index (χ1n) is 3.94. The van der Waals surface area contributed by atoms with Gasteiger partial charge in [0.25, 0.3) is 9.05 Å². The fourth-order valence-electron chi connectivity index (χ4n) is 1.20. The molecule has 0 atom stereocenters. The summed E-state index contributed by atoms with van der Waals surface area (Å²) >= 11 is 5.65. The van der Waals surface area contributed by atoms with Crippen LogP contribution in [-0.4, -0.2) is 8.42 Å². The lowest BCUT2D eigenvalue weighted by molar-refractivity contribution is 0.609. The van der Waals surface area contributed by atoms with Crippen LogP contribution in [0.3, 0.4) is 0 Å². The Labute approximate surface area is 97.7 Å². The third-order valence-corrected chi connectivity index (χ3v) is 3.58. The first-order chi connectivity index (χ1) is 6.90. The number of rotatable bonds is 2. The minimum atomic E-state index is -3.80. The Balaban J connectivity index is 3.55. The molecule has 0 N–H and O–H groups in total. The molecule has 0 aliphatic rings. The van der Waals surface area contributed by atoms with Crippen LogP contribution < -0.4 is 0 Å². The zero-order valence-electron chi connectivity index (χ0n) is 7.79. The molecule has 0 aliphatic heterocycles. The van der Waals surface area contributed by atoms with E-state index in [0.717, 1.165) is 0 Å². The van der Waals surface area contributed by atoms with E-state index in [4.69, 9.17) is 27.5 Å². The molecule has 0 unspecified atom stereocenters. The summed E-state index contributed by atoms with van der Waals surface area (Å²) in [7, 11) is 1.38. The Morgan fingerprint density at radius 3 is 2.47 bits per heavy atom. The number of benzene rings is 1. The minimum absolute atomic E-state index is 0.0768. The predicted octanol–water partition coefficient (Wildman–Crippen LogP) is 2.53. The first-order valence-corrected chi connectivity index (χ1v) is 6.78. The standard InChI is InChI=1S/C9H7Cl2NO2S/c1-6-2-8(15(11,13)14)3-7(5-12)9(6)4-10/h2-3H,4H2,1H3. The maximum atomic E-state index is 11.1. The lowest BCUT2D eigenvalue weighted by Gasteiger charge is -2.06. The van der Waals surface area contributed by atoms with E-state index in [2.05, 4.69) is 0 Å². The van der Waals surface area contributed by atoms with Crippen molar-refractivity contribution >= 4 is 31.3 Å². The van der Waals surface area contributed by atoms with Crippen molar-refractivity contribution < 1.29 is 8.42 Å². The molecule has 0 aliphatic carbocycles. The van der Waals surface area contributed by atoms with Gasteiger partial charge in [0.15, 0.2) is 0 Å². The number of aryl methyl sites for hydroxylation is 1. The second-order valence-electron chi connectivity index (χ2n) is 2.95. The fraction of sp³-hybridized carbons (Fsp3) is 0.222. The van der Waals surface area contributed by atoms with Gasteiger partial charge in [-0.2, -0.15) is 5.26 Å². The van der Waals surface area contributed by atoms with E-state index in [1.165, 1.54) is 12.1 Å². The van der Waals surface area contributed by atoms with Gasteiger partial charge in [-0.15, -0.1) is 11.6 Å². The number of nitrogens with zero attached hydrogens (tertiary/aromatic N) is 1. The van der Waals surface area contributed by atoms with Crippen molar-refractivity contribution in [1.29, 1.82) is 5.26 Å². The zero-order chi connectivity index (χ0) is 11.6. The predicted molar refractivity (Wildman–Crippen MR) is 58.5 cm³/mol. The molecular formula is C9H7Cl2NO2S. The summed E-state index contributed by atoms with van der Waals surface area (Å²) in [5.41, 5.74) is 1.51. The van der Waals surface area contributed by atoms with Crippen molar-refractivity contribution in [2.75, 3.05) is 0 Å². The van der Waals surface area contributed by atoms with Gasteiger partial charge in [-0.1, -0.05) is 0 Å². The Morgan fingerprint density at radius 1 is 1.47 bits per heavy atom. The Bertz CT molecular complexity index is 532. The van der Waals surface area contributed by atoms with E-state index in [1.54, 1.807) is 6.92 Å². The van der Waals surface area contributed by atoms with Crippen LogP contribution in [0, 0.1) is 18.3 Å². The highest BCUT2D eigenvalue weighted by Crippen LogP contribution is 2.23. The van der Waals surface area contributed by atoms with Crippen molar-refractivity contribution in [3.63, 3.8) is 0 Å². The van der Waals surface area contributed by atoms with Crippen LogP contribution in [0.2, 0.25) is 0 Å². The molecule has 0 spiro atoms. The first kappa shape index (κ1) is 12.3. The van der Waals surface area contributed by atoms with E-state index in [-0.39, 0.29) is 16.3 Å². The van der Waals surface area contributed by atoms with Crippen LogP contribution >= 0.6 is 22.3 Å². The summed E-state index contributed by atoms with van der Waals surface area (Å²) in [6.07, 6.45) is 0. The summed E-state index contributed by atoms with van der Waals surface area (Å²) in [5, 5.41) is 8.82. The molecule has 0 bridgehead atoms. The normalized spacial score (nSPS) is 11.1. The highest BCUT2D eigenvalue weighted by molar-refractivity contribution is 8.13. The summed E-state index contributed by atoms with van der Waals surface area (Å²) in [6.45, 7) is 1.68. The molecule has 3 nitrogen and oxygen atoms in total. The van der Waals surface area contributed by atoms with Gasteiger partial charge in [-0.05, 0) is 30.2 Å². The molecule has 15 heavy (non-hydrogen) atoms. The van der Waals surface area contributed by atoms with Gasteiger partial charge < -0.3 is 0 Å². The average Bonchev–Trinajstić information content (AvgIpc) is 2.15. The summed E-state index contributed by atoms with van der Waals surface area (Å²) in [6, 6.07) is 4.53. The van der Waals surface area contributed by atoms with Gasteiger partial charge >= 0.3 is 0 Å². The number of hydrogen-bond acceptors (Lipinski definition) is 3. The van der Waals surface area contributed by atoms with Crippen molar-refractivity contribution in [2.24, 2.45) is 0 Å². The maximum absolute atomic E-state index is 11.1. The van der Waals surface area contributed by atoms with E-state index in [1.807, 2.05) is 6.07 Å². The van der Waals surface area contributed by atoms with E-state index >= 15 is 0 Å². The Kier molecular flexibility index (Phi) is 3.61. The Hall–Kier alpha value is -0.760. The summed E-state index contributed by atoms with van der Waals surface area (Å²) < 4.78 is 22.2. The summed E-state index contributed by atoms with van der Waals surface area (Å²) in [5.74, 6) is 0.164. The van der Waals surface area contributed by atoms with Crippen LogP contribution in [0.5, 0.6) is 0 Å². The van der Waals surface area contributed by atoms with Gasteiger partial charge in [0.2, 0.25) is 0 Å². The molecule has 1 aromatic carbocycles. The lowest BCUT2D eigenvalue weighted by atomic mass is 10.0. The smallest absolute Gasteiger partial charge is 0.207 e. The van der Waals surface area contributed by atoms with Crippen molar-refractivity contribution in [3.05, 3.63) is 28.8 Å². The second kappa shape index (κ2) is 4.40. The maximum Gasteiger partial charge on any atom is 0.261 e. The van der Waals surface area contributed by atoms with Gasteiger partial charge in [0.1, 0.15) is 0 Å². The fourth-order valence-corrected chi connectivity index (χ4v) is 2.40. The SMILES string of the molecule is Cc1cc(S(=O)(=O)Cl)cc(C#N)c1CCl. The third kappa shape index (κ3) is 2.63. The van der Waals surface area contributed by atoms with Gasteiger partial charge in [-0.25, -0.2) is 8.42 Å². The van der Waals surface area contributed by atoms with E-state index in [9.17, 15) is 8.42 Å². The van der Waals surface area contributed by atoms with Crippen LogP contribution in [0.1, 0.15) is 16.7 Å². The van der Waals surface area contributed by atoms with Crippen LogP contribution in [-0.2, 0) is 14.9 Å². The number of hydrogen-bond donors (Lipinski definition) is 0. The summed E-state index contributed by atoms with van der Waals surface area (Å²) in [4.78, 5) is -0.0768. The number of nitriles is 1. The largest absolute Gasteiger partial charge is 0.261 e. The molecule has 0 amide bonds. The van der Waals surface area contributed by atoms with Crippen LogP contribution in [0.4, 0.5) is 0 Å². The monoisotopic (exact) mass is 263 g/mol. The molecule has 0 saturated carbocycles. The highest BCUT2D eigenvalue weighted by atomic mass is 35.7. The topological polar surface area (TPSA) is 57.9 Å². The van der Waals surface area contributed by atoms with Gasteiger partial charge in [-0.3, -0.25) is 0 Å². The number of halogens is 2. The molecule has 80 valence electrons. The molecule has 0 radical (unpaired) electrons. The van der Waals surface area contributed by atoms with Gasteiger partial charge in [0.05, 0.1) is 16.5 Å². The number of alkyl halides is 1. The van der Waals surface area contributed by atoms with Crippen LogP contribution in [0.25, 0.3) is 0 Å². The van der Waals surface area contributed by atoms with E-state index in [0.29, 0.717) is 11.1 Å². The average molecular weight is 264 g/mol. The Morgan fingerprint density at radius 2 is 2.07 bits per heavy atom. The molecule has 0 aromatic heterocycles. The molecule has 1 rings (SSSR count). The zero-order valence-corrected chi connectivity index (χ0v) is 10.1. The second-order valence-corrected chi connectivity index (χ2v) is 5.78. The van der Waals surface area contributed by atoms with Crippen molar-refractivity contribution in [3.8, 4) is 6.07 Å². The quantitative estimate of drug-likeness (QED) is 0.609.